The zero-order valence-corrected chi connectivity index (χ0v) is 32.5. The van der Waals surface area contributed by atoms with Crippen molar-refractivity contribution >= 4 is 31.8 Å². The first kappa shape index (κ1) is 38.6. The summed E-state index contributed by atoms with van der Waals surface area (Å²) in [5.74, 6) is 2.78. The molecule has 11 nitrogen and oxygen atoms in total. The van der Waals surface area contributed by atoms with E-state index in [1.807, 2.05) is 58.9 Å². The monoisotopic (exact) mass is 715 g/mol. The summed E-state index contributed by atoms with van der Waals surface area (Å²) in [4.78, 5) is 22.1. The molecule has 0 aliphatic carbocycles. The van der Waals surface area contributed by atoms with Crippen LogP contribution in [0, 0.1) is 19.8 Å². The molecule has 1 saturated heterocycles. The van der Waals surface area contributed by atoms with Gasteiger partial charge < -0.3 is 33.8 Å². The van der Waals surface area contributed by atoms with Gasteiger partial charge in [0.1, 0.15) is 34.7 Å². The highest BCUT2D eigenvalue weighted by molar-refractivity contribution is 6.74. The van der Waals surface area contributed by atoms with E-state index in [9.17, 15) is 4.79 Å². The maximum atomic E-state index is 12.3. The summed E-state index contributed by atoms with van der Waals surface area (Å²) in [6, 6.07) is 7.67. The third-order valence-electron chi connectivity index (χ3n) is 8.97. The van der Waals surface area contributed by atoms with Crippen LogP contribution in [0.2, 0.25) is 23.2 Å². The zero-order chi connectivity index (χ0) is 36.0. The first-order valence-corrected chi connectivity index (χ1v) is 20.4. The number of carbonyl (C=O) groups excluding carboxylic acids is 1. The van der Waals surface area contributed by atoms with Gasteiger partial charge in [0, 0.05) is 37.3 Å². The Labute approximate surface area is 297 Å². The molecule has 1 atom stereocenters. The van der Waals surface area contributed by atoms with Crippen LogP contribution in [0.3, 0.4) is 0 Å². The molecule has 3 heterocycles. The van der Waals surface area contributed by atoms with Crippen molar-refractivity contribution in [2.24, 2.45) is 5.92 Å². The molecule has 3 aromatic rings. The van der Waals surface area contributed by atoms with Crippen LogP contribution < -0.4 is 15.4 Å². The molecule has 49 heavy (non-hydrogen) atoms. The molecule has 270 valence electrons. The zero-order valence-electron chi connectivity index (χ0n) is 30.8. The minimum atomic E-state index is -2.15. The van der Waals surface area contributed by atoms with Gasteiger partial charge >= 0.3 is 6.09 Å². The second-order valence-corrected chi connectivity index (χ2v) is 20.5. The van der Waals surface area contributed by atoms with Gasteiger partial charge in [-0.1, -0.05) is 49.7 Å². The molecule has 0 spiro atoms. The molecular formula is C36H54ClN5O6Si. The standard InChI is InChI=1S/C36H54ClN5O6Si/c1-23-29(24(2)47-42-23)31-30(37)33(38-21-25-14-17-44-18-15-25)40-32(39-31)26-12-11-13-27(20-26)46-22-28(48-49(9,10)36(6,7)8)16-19-45-34(43)41-35(3,4)5/h11-13,20,25,28H,14-19,21-22H2,1-10H3,(H,41,43)(H,38,39,40). The predicted octanol–water partition coefficient (Wildman–Crippen LogP) is 8.59. The summed E-state index contributed by atoms with van der Waals surface area (Å²) >= 11 is 6.96. The largest absolute Gasteiger partial charge is 0.491 e. The summed E-state index contributed by atoms with van der Waals surface area (Å²) < 4.78 is 29.6. The Morgan fingerprint density at radius 2 is 1.82 bits per heavy atom. The lowest BCUT2D eigenvalue weighted by Crippen LogP contribution is -2.46. The van der Waals surface area contributed by atoms with E-state index in [-0.39, 0.29) is 29.9 Å². The van der Waals surface area contributed by atoms with Crippen LogP contribution in [0.4, 0.5) is 10.6 Å². The Morgan fingerprint density at radius 3 is 2.45 bits per heavy atom. The van der Waals surface area contributed by atoms with Gasteiger partial charge in [0.2, 0.25) is 0 Å². The topological polar surface area (TPSA) is 130 Å². The summed E-state index contributed by atoms with van der Waals surface area (Å²) in [5, 5.41) is 10.9. The first-order valence-electron chi connectivity index (χ1n) is 17.1. The molecule has 1 amide bonds. The molecule has 1 fully saturated rings. The minimum absolute atomic E-state index is 0.00299. The van der Waals surface area contributed by atoms with Crippen molar-refractivity contribution in [3.8, 4) is 28.4 Å². The number of amides is 1. The number of nitrogens with one attached hydrogen (secondary N) is 2. The normalized spacial score (nSPS) is 15.2. The Bertz CT molecular complexity index is 1540. The summed E-state index contributed by atoms with van der Waals surface area (Å²) in [6.07, 6.45) is 1.72. The highest BCUT2D eigenvalue weighted by Gasteiger charge is 2.39. The fourth-order valence-electron chi connectivity index (χ4n) is 5.18. The molecule has 2 aromatic heterocycles. The van der Waals surface area contributed by atoms with Gasteiger partial charge in [-0.2, -0.15) is 0 Å². The molecule has 2 N–H and O–H groups in total. The van der Waals surface area contributed by atoms with Gasteiger partial charge in [0.05, 0.1) is 24.0 Å². The highest BCUT2D eigenvalue weighted by atomic mass is 35.5. The number of carbonyl (C=O) groups is 1. The molecule has 1 aromatic carbocycles. The number of aromatic nitrogens is 3. The molecule has 1 aliphatic heterocycles. The van der Waals surface area contributed by atoms with Crippen LogP contribution in [0.5, 0.6) is 5.75 Å². The molecule has 0 radical (unpaired) electrons. The van der Waals surface area contributed by atoms with E-state index in [2.05, 4.69) is 49.7 Å². The van der Waals surface area contributed by atoms with Crippen LogP contribution in [-0.2, 0) is 13.9 Å². The van der Waals surface area contributed by atoms with E-state index in [4.69, 9.17) is 44.7 Å². The van der Waals surface area contributed by atoms with Gasteiger partial charge in [0.25, 0.3) is 0 Å². The number of alkyl carbamates (subject to hydrolysis) is 1. The Hall–Kier alpha value is -3.19. The molecule has 13 heteroatoms. The van der Waals surface area contributed by atoms with Crippen molar-refractivity contribution in [2.75, 3.05) is 38.3 Å². The van der Waals surface area contributed by atoms with E-state index >= 15 is 0 Å². The predicted molar refractivity (Wildman–Crippen MR) is 196 cm³/mol. The van der Waals surface area contributed by atoms with Crippen molar-refractivity contribution in [1.29, 1.82) is 0 Å². The van der Waals surface area contributed by atoms with Crippen LogP contribution >= 0.6 is 11.6 Å². The smallest absolute Gasteiger partial charge is 0.407 e. The second-order valence-electron chi connectivity index (χ2n) is 15.3. The lowest BCUT2D eigenvalue weighted by atomic mass is 10.0. The number of anilines is 1. The average molecular weight is 716 g/mol. The maximum absolute atomic E-state index is 12.3. The van der Waals surface area contributed by atoms with Crippen LogP contribution in [0.1, 0.15) is 72.3 Å². The second kappa shape index (κ2) is 16.2. The van der Waals surface area contributed by atoms with Gasteiger partial charge in [-0.25, -0.2) is 14.8 Å². The Balaban J connectivity index is 1.57. The Morgan fingerprint density at radius 1 is 1.10 bits per heavy atom. The fourth-order valence-corrected chi connectivity index (χ4v) is 6.80. The number of hydrogen-bond donors (Lipinski definition) is 2. The van der Waals surface area contributed by atoms with Crippen molar-refractivity contribution in [3.05, 3.63) is 40.7 Å². The van der Waals surface area contributed by atoms with E-state index in [1.54, 1.807) is 0 Å². The van der Waals surface area contributed by atoms with Crippen molar-refractivity contribution in [1.82, 2.24) is 20.4 Å². The molecule has 0 saturated carbocycles. The number of rotatable bonds is 13. The lowest BCUT2D eigenvalue weighted by molar-refractivity contribution is 0.0699. The van der Waals surface area contributed by atoms with E-state index < -0.39 is 14.4 Å². The third-order valence-corrected chi connectivity index (χ3v) is 13.9. The number of aryl methyl sites for hydroxylation is 2. The average Bonchev–Trinajstić information content (AvgIpc) is 3.35. The number of ether oxygens (including phenoxy) is 3. The van der Waals surface area contributed by atoms with Crippen molar-refractivity contribution < 1.29 is 28.0 Å². The van der Waals surface area contributed by atoms with Gasteiger partial charge in [-0.3, -0.25) is 0 Å². The lowest BCUT2D eigenvalue weighted by Gasteiger charge is -2.39. The third kappa shape index (κ3) is 10.9. The first-order chi connectivity index (χ1) is 22.9. The van der Waals surface area contributed by atoms with Gasteiger partial charge in [-0.05, 0) is 83.6 Å². The summed E-state index contributed by atoms with van der Waals surface area (Å²) in [5.41, 5.74) is 2.39. The maximum Gasteiger partial charge on any atom is 0.407 e. The van der Waals surface area contributed by atoms with E-state index in [0.29, 0.717) is 51.9 Å². The SMILES string of the molecule is Cc1noc(C)c1-c1nc(-c2cccc(OCC(CCOC(=O)NC(C)(C)C)O[Si](C)(C)C(C)(C)C)c2)nc(NCC2CCOCC2)c1Cl. The molecule has 4 rings (SSSR count). The minimum Gasteiger partial charge on any atom is -0.491 e. The van der Waals surface area contributed by atoms with E-state index in [0.717, 1.165) is 43.7 Å². The highest BCUT2D eigenvalue weighted by Crippen LogP contribution is 2.39. The van der Waals surface area contributed by atoms with Crippen LogP contribution in [0.25, 0.3) is 22.6 Å². The van der Waals surface area contributed by atoms with Crippen molar-refractivity contribution in [3.63, 3.8) is 0 Å². The summed E-state index contributed by atoms with van der Waals surface area (Å²) in [7, 11) is -2.15. The Kier molecular flexibility index (Phi) is 12.8. The number of benzene rings is 1. The fraction of sp³-hybridized carbons (Fsp3) is 0.611. The molecule has 0 bridgehead atoms. The quantitative estimate of drug-likeness (QED) is 0.166. The number of hydrogen-bond acceptors (Lipinski definition) is 10. The van der Waals surface area contributed by atoms with Crippen molar-refractivity contribution in [2.45, 2.75) is 104 Å². The van der Waals surface area contributed by atoms with Crippen LogP contribution in [0.15, 0.2) is 28.8 Å². The van der Waals surface area contributed by atoms with Gasteiger partial charge in [-0.15, -0.1) is 0 Å². The van der Waals surface area contributed by atoms with Crippen LogP contribution in [-0.4, -0.2) is 74.2 Å². The van der Waals surface area contributed by atoms with Gasteiger partial charge in [0.15, 0.2) is 14.1 Å². The summed E-state index contributed by atoms with van der Waals surface area (Å²) in [6.45, 7) is 23.2. The molecule has 1 aliphatic rings. The van der Waals surface area contributed by atoms with E-state index in [1.165, 1.54) is 0 Å². The number of halogens is 1. The number of nitrogens with zero attached hydrogens (tertiary/aromatic N) is 3. The molecule has 1 unspecified atom stereocenters. The molecular weight excluding hydrogens is 662 g/mol.